The number of nitrogen functional groups attached to an aromatic ring is 1. The van der Waals surface area contributed by atoms with E-state index in [1.54, 1.807) is 13.2 Å². The van der Waals surface area contributed by atoms with E-state index in [1.165, 1.54) is 0 Å². The van der Waals surface area contributed by atoms with E-state index >= 15 is 0 Å². The lowest BCUT2D eigenvalue weighted by atomic mass is 10.1. The van der Waals surface area contributed by atoms with Crippen molar-refractivity contribution in [1.29, 1.82) is 0 Å². The van der Waals surface area contributed by atoms with Gasteiger partial charge in [-0.25, -0.2) is 4.98 Å². The number of ether oxygens (including phenoxy) is 1. The Labute approximate surface area is 78.1 Å². The van der Waals surface area contributed by atoms with Crippen LogP contribution in [0.15, 0.2) is 6.07 Å². The summed E-state index contributed by atoms with van der Waals surface area (Å²) < 4.78 is 4.99. The lowest BCUT2D eigenvalue weighted by Gasteiger charge is -2.06. The molecule has 13 heavy (non-hydrogen) atoms. The second kappa shape index (κ2) is 4.07. The summed E-state index contributed by atoms with van der Waals surface area (Å²) in [6.07, 6.45) is 0.821. The van der Waals surface area contributed by atoms with Crippen molar-refractivity contribution in [1.82, 2.24) is 9.97 Å². The molecule has 0 unspecified atom stereocenters. The normalized spacial score (nSPS) is 10.5. The Kier molecular flexibility index (Phi) is 3.06. The first-order valence-corrected chi connectivity index (χ1v) is 4.29. The molecule has 1 aromatic rings. The van der Waals surface area contributed by atoms with E-state index in [0.717, 1.165) is 12.2 Å². The molecule has 1 rings (SSSR count). The van der Waals surface area contributed by atoms with Gasteiger partial charge in [-0.2, -0.15) is 4.98 Å². The average Bonchev–Trinajstić information content (AvgIpc) is 2.01. The Balaban J connectivity index is 2.88. The van der Waals surface area contributed by atoms with Crippen LogP contribution in [0.2, 0.25) is 0 Å². The molecule has 1 heterocycles. The van der Waals surface area contributed by atoms with Crippen LogP contribution in [0.5, 0.6) is 5.88 Å². The molecule has 0 fully saturated rings. The topological polar surface area (TPSA) is 61.0 Å². The summed E-state index contributed by atoms with van der Waals surface area (Å²) in [7, 11) is 1.57. The number of hydrogen-bond donors (Lipinski definition) is 1. The Morgan fingerprint density at radius 2 is 2.15 bits per heavy atom. The molecule has 0 aliphatic rings. The van der Waals surface area contributed by atoms with Gasteiger partial charge in [0, 0.05) is 12.5 Å². The minimum absolute atomic E-state index is 0.461. The van der Waals surface area contributed by atoms with Gasteiger partial charge in [-0.1, -0.05) is 13.8 Å². The van der Waals surface area contributed by atoms with E-state index in [0.29, 0.717) is 17.6 Å². The predicted molar refractivity (Wildman–Crippen MR) is 51.5 cm³/mol. The van der Waals surface area contributed by atoms with Gasteiger partial charge in [0.05, 0.1) is 7.11 Å². The van der Waals surface area contributed by atoms with Crippen LogP contribution in [0.4, 0.5) is 5.82 Å². The minimum atomic E-state index is 0.461. The van der Waals surface area contributed by atoms with Crippen molar-refractivity contribution in [3.8, 4) is 5.88 Å². The highest BCUT2D eigenvalue weighted by Crippen LogP contribution is 2.12. The van der Waals surface area contributed by atoms with Crippen LogP contribution in [0, 0.1) is 5.92 Å². The summed E-state index contributed by atoms with van der Waals surface area (Å²) in [6.45, 7) is 4.22. The second-order valence-corrected chi connectivity index (χ2v) is 3.35. The van der Waals surface area contributed by atoms with Crippen LogP contribution in [0.1, 0.15) is 19.7 Å². The molecule has 0 spiro atoms. The van der Waals surface area contributed by atoms with E-state index in [2.05, 4.69) is 23.8 Å². The number of aromatic nitrogens is 2. The van der Waals surface area contributed by atoms with Gasteiger partial charge < -0.3 is 10.5 Å². The number of nitrogens with two attached hydrogens (primary N) is 1. The first-order valence-electron chi connectivity index (χ1n) is 4.29. The highest BCUT2D eigenvalue weighted by Gasteiger charge is 2.04. The molecule has 0 saturated carbocycles. The fraction of sp³-hybridized carbons (Fsp3) is 0.556. The highest BCUT2D eigenvalue weighted by molar-refractivity contribution is 5.32. The molecule has 0 radical (unpaired) electrons. The highest BCUT2D eigenvalue weighted by atomic mass is 16.5. The molecule has 0 atom stereocenters. The van der Waals surface area contributed by atoms with E-state index in [1.807, 2.05) is 0 Å². The molecular weight excluding hydrogens is 166 g/mol. The van der Waals surface area contributed by atoms with Crippen LogP contribution < -0.4 is 10.5 Å². The summed E-state index contributed by atoms with van der Waals surface area (Å²) in [5.41, 5.74) is 5.58. The van der Waals surface area contributed by atoms with Crippen LogP contribution in [-0.4, -0.2) is 17.1 Å². The van der Waals surface area contributed by atoms with Gasteiger partial charge >= 0.3 is 0 Å². The van der Waals surface area contributed by atoms with E-state index in [4.69, 9.17) is 10.5 Å². The largest absolute Gasteiger partial charge is 0.481 e. The van der Waals surface area contributed by atoms with Crippen molar-refractivity contribution in [3.63, 3.8) is 0 Å². The van der Waals surface area contributed by atoms with Gasteiger partial charge in [-0.05, 0) is 5.92 Å². The van der Waals surface area contributed by atoms with Crippen molar-refractivity contribution in [3.05, 3.63) is 11.9 Å². The van der Waals surface area contributed by atoms with Gasteiger partial charge in [0.1, 0.15) is 11.6 Å². The van der Waals surface area contributed by atoms with Crippen molar-refractivity contribution in [2.24, 2.45) is 5.92 Å². The lowest BCUT2D eigenvalue weighted by molar-refractivity contribution is 0.394. The van der Waals surface area contributed by atoms with Crippen LogP contribution in [0.3, 0.4) is 0 Å². The first-order chi connectivity index (χ1) is 6.11. The fourth-order valence-electron chi connectivity index (χ4n) is 1.05. The molecule has 0 amide bonds. The van der Waals surface area contributed by atoms with Gasteiger partial charge in [0.15, 0.2) is 0 Å². The standard InChI is InChI=1S/C9H15N3O/c1-6(2)4-8-11-7(10)5-9(12-8)13-3/h5-6H,4H2,1-3H3,(H2,10,11,12). The van der Waals surface area contributed by atoms with Crippen molar-refractivity contribution in [2.45, 2.75) is 20.3 Å². The second-order valence-electron chi connectivity index (χ2n) is 3.35. The Hall–Kier alpha value is -1.32. The van der Waals surface area contributed by atoms with Crippen LogP contribution >= 0.6 is 0 Å². The third kappa shape index (κ3) is 2.89. The molecule has 0 aromatic carbocycles. The zero-order chi connectivity index (χ0) is 9.84. The zero-order valence-electron chi connectivity index (χ0n) is 8.24. The first kappa shape index (κ1) is 9.77. The molecule has 72 valence electrons. The summed E-state index contributed by atoms with van der Waals surface area (Å²) >= 11 is 0. The third-order valence-corrected chi connectivity index (χ3v) is 1.57. The SMILES string of the molecule is COc1cc(N)nc(CC(C)C)n1. The molecule has 4 heteroatoms. The summed E-state index contributed by atoms with van der Waals surface area (Å²) in [5.74, 6) is 2.25. The predicted octanol–water partition coefficient (Wildman–Crippen LogP) is 1.27. The number of anilines is 1. The number of hydrogen-bond acceptors (Lipinski definition) is 4. The van der Waals surface area contributed by atoms with Gasteiger partial charge in [0.25, 0.3) is 0 Å². The average molecular weight is 181 g/mol. The van der Waals surface area contributed by atoms with E-state index < -0.39 is 0 Å². The van der Waals surface area contributed by atoms with Gasteiger partial charge in [-0.15, -0.1) is 0 Å². The molecule has 1 aromatic heterocycles. The van der Waals surface area contributed by atoms with Gasteiger partial charge in [-0.3, -0.25) is 0 Å². The smallest absolute Gasteiger partial charge is 0.218 e. The summed E-state index contributed by atoms with van der Waals surface area (Å²) in [6, 6.07) is 1.61. The van der Waals surface area contributed by atoms with E-state index in [-0.39, 0.29) is 0 Å². The Morgan fingerprint density at radius 3 is 2.69 bits per heavy atom. The Bertz CT molecular complexity index is 286. The third-order valence-electron chi connectivity index (χ3n) is 1.57. The zero-order valence-corrected chi connectivity index (χ0v) is 8.24. The summed E-state index contributed by atoms with van der Waals surface area (Å²) in [4.78, 5) is 8.29. The maximum Gasteiger partial charge on any atom is 0.218 e. The molecule has 0 aliphatic carbocycles. The lowest BCUT2D eigenvalue weighted by Crippen LogP contribution is -2.04. The maximum atomic E-state index is 5.58. The molecular formula is C9H15N3O. The quantitative estimate of drug-likeness (QED) is 0.762. The van der Waals surface area contributed by atoms with Crippen molar-refractivity contribution in [2.75, 3.05) is 12.8 Å². The Morgan fingerprint density at radius 1 is 1.46 bits per heavy atom. The number of nitrogens with zero attached hydrogens (tertiary/aromatic N) is 2. The van der Waals surface area contributed by atoms with Crippen molar-refractivity contribution < 1.29 is 4.74 Å². The molecule has 2 N–H and O–H groups in total. The number of methoxy groups -OCH3 is 1. The molecule has 4 nitrogen and oxygen atoms in total. The van der Waals surface area contributed by atoms with E-state index in [9.17, 15) is 0 Å². The van der Waals surface area contributed by atoms with Crippen molar-refractivity contribution >= 4 is 5.82 Å². The van der Waals surface area contributed by atoms with Gasteiger partial charge in [0.2, 0.25) is 5.88 Å². The monoisotopic (exact) mass is 181 g/mol. The molecule has 0 aliphatic heterocycles. The maximum absolute atomic E-state index is 5.58. The fourth-order valence-corrected chi connectivity index (χ4v) is 1.05. The van der Waals surface area contributed by atoms with Crippen LogP contribution in [-0.2, 0) is 6.42 Å². The minimum Gasteiger partial charge on any atom is -0.481 e. The summed E-state index contributed by atoms with van der Waals surface area (Å²) in [5, 5.41) is 0. The van der Waals surface area contributed by atoms with Crippen LogP contribution in [0.25, 0.3) is 0 Å². The molecule has 0 bridgehead atoms. The number of rotatable bonds is 3. The molecule has 0 saturated heterocycles.